The molecule has 5 aromatic heterocycles. The summed E-state index contributed by atoms with van der Waals surface area (Å²) in [4.78, 5) is 38.3. The van der Waals surface area contributed by atoms with Gasteiger partial charge in [-0.25, -0.2) is 14.4 Å². The number of rotatable bonds is 4. The molecule has 0 fully saturated rings. The Balaban J connectivity index is 1.62. The molecule has 5 rings (SSSR count). The molecule has 0 bridgehead atoms. The molecule has 5 aromatic rings. The third kappa shape index (κ3) is 3.47. The second-order valence-electron chi connectivity index (χ2n) is 7.16. The van der Waals surface area contributed by atoms with Crippen LogP contribution in [0.2, 0.25) is 0 Å². The Labute approximate surface area is 180 Å². The van der Waals surface area contributed by atoms with Crippen molar-refractivity contribution in [2.45, 2.75) is 13.5 Å². The molecule has 0 saturated heterocycles. The highest BCUT2D eigenvalue weighted by Crippen LogP contribution is 2.21. The van der Waals surface area contributed by atoms with Crippen molar-refractivity contribution in [3.8, 4) is 11.3 Å². The third-order valence-corrected chi connectivity index (χ3v) is 4.93. The predicted molar refractivity (Wildman–Crippen MR) is 116 cm³/mol. The van der Waals surface area contributed by atoms with E-state index < -0.39 is 11.7 Å². The van der Waals surface area contributed by atoms with Gasteiger partial charge in [0, 0.05) is 29.7 Å². The second kappa shape index (κ2) is 7.65. The summed E-state index contributed by atoms with van der Waals surface area (Å²) in [6.45, 7) is 1.60. The summed E-state index contributed by atoms with van der Waals surface area (Å²) in [7, 11) is 0. The monoisotopic (exact) mass is 429 g/mol. The number of carbonyl (C=O) groups is 1. The Bertz CT molecular complexity index is 1520. The molecule has 0 unspecified atom stereocenters. The van der Waals surface area contributed by atoms with Crippen molar-refractivity contribution >= 4 is 28.4 Å². The molecule has 0 aliphatic rings. The van der Waals surface area contributed by atoms with E-state index in [4.69, 9.17) is 0 Å². The lowest BCUT2D eigenvalue weighted by molar-refractivity contribution is -0.116. The molecule has 32 heavy (non-hydrogen) atoms. The van der Waals surface area contributed by atoms with Crippen molar-refractivity contribution < 1.29 is 9.18 Å². The Morgan fingerprint density at radius 2 is 1.97 bits per heavy atom. The summed E-state index contributed by atoms with van der Waals surface area (Å²) >= 11 is 0. The van der Waals surface area contributed by atoms with Crippen molar-refractivity contribution in [1.29, 1.82) is 0 Å². The largest absolute Gasteiger partial charge is 0.309 e. The molecule has 0 aliphatic heterocycles. The Kier molecular flexibility index (Phi) is 4.66. The first-order valence-corrected chi connectivity index (χ1v) is 9.71. The van der Waals surface area contributed by atoms with Gasteiger partial charge in [-0.3, -0.25) is 19.1 Å². The number of aromatic nitrogens is 6. The van der Waals surface area contributed by atoms with Gasteiger partial charge in [0.15, 0.2) is 5.65 Å². The summed E-state index contributed by atoms with van der Waals surface area (Å²) in [5.41, 5.74) is 2.63. The van der Waals surface area contributed by atoms with E-state index in [0.29, 0.717) is 22.4 Å². The summed E-state index contributed by atoms with van der Waals surface area (Å²) in [5.74, 6) is -0.820. The summed E-state index contributed by atoms with van der Waals surface area (Å²) in [6.07, 6.45) is 4.27. The van der Waals surface area contributed by atoms with E-state index in [-0.39, 0.29) is 17.9 Å². The van der Waals surface area contributed by atoms with Crippen molar-refractivity contribution in [3.05, 3.63) is 82.9 Å². The molecule has 5 heterocycles. The van der Waals surface area contributed by atoms with Gasteiger partial charge >= 0.3 is 0 Å². The van der Waals surface area contributed by atoms with Crippen molar-refractivity contribution in [3.63, 3.8) is 0 Å². The maximum Gasteiger partial charge on any atom is 0.263 e. The fourth-order valence-electron chi connectivity index (χ4n) is 3.39. The quantitative estimate of drug-likeness (QED) is 0.471. The lowest BCUT2D eigenvalue weighted by Crippen LogP contribution is -2.29. The van der Waals surface area contributed by atoms with E-state index >= 15 is 0 Å². The van der Waals surface area contributed by atoms with Gasteiger partial charge in [-0.1, -0.05) is 0 Å². The number of nitrogens with zero attached hydrogens (tertiary/aromatic N) is 6. The van der Waals surface area contributed by atoms with Crippen LogP contribution in [0.4, 0.5) is 10.2 Å². The van der Waals surface area contributed by atoms with Gasteiger partial charge in [-0.05, 0) is 43.3 Å². The molecule has 1 N–H and O–H groups in total. The maximum atomic E-state index is 13.2. The van der Waals surface area contributed by atoms with Crippen molar-refractivity contribution in [2.24, 2.45) is 0 Å². The summed E-state index contributed by atoms with van der Waals surface area (Å²) < 4.78 is 15.9. The molecule has 0 aliphatic carbocycles. The minimum Gasteiger partial charge on any atom is -0.309 e. The van der Waals surface area contributed by atoms with E-state index in [9.17, 15) is 14.0 Å². The van der Waals surface area contributed by atoms with E-state index in [1.54, 1.807) is 30.6 Å². The molecule has 0 spiro atoms. The first kappa shape index (κ1) is 19.5. The average molecular weight is 429 g/mol. The molecule has 0 atom stereocenters. The first-order valence-electron chi connectivity index (χ1n) is 9.71. The maximum absolute atomic E-state index is 13.2. The van der Waals surface area contributed by atoms with Crippen LogP contribution in [0.1, 0.15) is 5.69 Å². The zero-order chi connectivity index (χ0) is 22.2. The summed E-state index contributed by atoms with van der Waals surface area (Å²) in [5, 5.41) is 7.51. The molecule has 158 valence electrons. The fourth-order valence-corrected chi connectivity index (χ4v) is 3.39. The van der Waals surface area contributed by atoms with Crippen LogP contribution >= 0.6 is 0 Å². The zero-order valence-corrected chi connectivity index (χ0v) is 16.9. The predicted octanol–water partition coefficient (Wildman–Crippen LogP) is 2.59. The normalized spacial score (nSPS) is 11.2. The van der Waals surface area contributed by atoms with Gasteiger partial charge in [0.1, 0.15) is 23.8 Å². The Morgan fingerprint density at radius 3 is 2.72 bits per heavy atom. The van der Waals surface area contributed by atoms with Crippen LogP contribution in [0.3, 0.4) is 0 Å². The average Bonchev–Trinajstić information content (AvgIpc) is 3.24. The molecule has 10 heteroatoms. The molecule has 0 radical (unpaired) electrons. The van der Waals surface area contributed by atoms with Crippen LogP contribution in [-0.2, 0) is 11.3 Å². The lowest BCUT2D eigenvalue weighted by Gasteiger charge is -2.10. The van der Waals surface area contributed by atoms with E-state index in [0.717, 1.165) is 17.5 Å². The molecular formula is C22H16FN7O2. The highest BCUT2D eigenvalue weighted by Gasteiger charge is 2.17. The van der Waals surface area contributed by atoms with E-state index in [1.807, 2.05) is 19.1 Å². The van der Waals surface area contributed by atoms with Crippen molar-refractivity contribution in [1.82, 2.24) is 29.1 Å². The standard InChI is InChI=1S/C22H16FN7O2/c1-13-4-5-14(10-25-13)17-9-20-29(12-19(31)27-18-7-6-15(23)11-26-18)22(32)16-3-2-8-24-21(16)30(20)28-17/h2-11H,12H2,1H3,(H,26,27,31). The van der Waals surface area contributed by atoms with Gasteiger partial charge in [0.05, 0.1) is 17.3 Å². The number of aryl methyl sites for hydroxylation is 1. The number of hydrogen-bond donors (Lipinski definition) is 1. The van der Waals surface area contributed by atoms with Crippen molar-refractivity contribution in [2.75, 3.05) is 5.32 Å². The lowest BCUT2D eigenvalue weighted by atomic mass is 10.2. The smallest absolute Gasteiger partial charge is 0.263 e. The topological polar surface area (TPSA) is 107 Å². The van der Waals surface area contributed by atoms with Gasteiger partial charge < -0.3 is 5.32 Å². The number of hydrogen-bond acceptors (Lipinski definition) is 6. The molecule has 0 aromatic carbocycles. The number of carbonyl (C=O) groups excluding carboxylic acids is 1. The zero-order valence-electron chi connectivity index (χ0n) is 16.9. The summed E-state index contributed by atoms with van der Waals surface area (Å²) in [6, 6.07) is 11.3. The highest BCUT2D eigenvalue weighted by molar-refractivity contribution is 5.90. The van der Waals surface area contributed by atoms with Crippen LogP contribution in [0.15, 0.2) is 65.8 Å². The fraction of sp³-hybridized carbons (Fsp3) is 0.0909. The molecule has 9 nitrogen and oxygen atoms in total. The molecule has 0 saturated carbocycles. The van der Waals surface area contributed by atoms with Crippen LogP contribution in [0.5, 0.6) is 0 Å². The van der Waals surface area contributed by atoms with Crippen LogP contribution in [0, 0.1) is 12.7 Å². The van der Waals surface area contributed by atoms with E-state index in [1.165, 1.54) is 21.2 Å². The van der Waals surface area contributed by atoms with Crippen LogP contribution < -0.4 is 10.9 Å². The number of anilines is 1. The third-order valence-electron chi connectivity index (χ3n) is 4.93. The second-order valence-corrected chi connectivity index (χ2v) is 7.16. The number of halogens is 1. The van der Waals surface area contributed by atoms with Crippen LogP contribution in [-0.4, -0.2) is 35.0 Å². The van der Waals surface area contributed by atoms with Gasteiger partial charge in [0.25, 0.3) is 5.56 Å². The molecular weight excluding hydrogens is 413 g/mol. The SMILES string of the molecule is Cc1ccc(-c2cc3n(CC(=O)Nc4ccc(F)cn4)c(=O)c4cccnc4n3n2)cn1. The Morgan fingerprint density at radius 1 is 1.09 bits per heavy atom. The number of pyridine rings is 3. The highest BCUT2D eigenvalue weighted by atomic mass is 19.1. The van der Waals surface area contributed by atoms with Crippen LogP contribution in [0.25, 0.3) is 27.9 Å². The molecule has 1 amide bonds. The number of nitrogens with one attached hydrogen (secondary N) is 1. The van der Waals surface area contributed by atoms with Gasteiger partial charge in [0.2, 0.25) is 5.91 Å². The van der Waals surface area contributed by atoms with Gasteiger partial charge in [-0.15, -0.1) is 0 Å². The minimum absolute atomic E-state index is 0.183. The first-order chi connectivity index (χ1) is 15.5. The Hall–Kier alpha value is -4.47. The number of amides is 1. The van der Waals surface area contributed by atoms with E-state index in [2.05, 4.69) is 25.4 Å². The minimum atomic E-state index is -0.514. The van der Waals surface area contributed by atoms with Gasteiger partial charge in [-0.2, -0.15) is 9.61 Å². The number of fused-ring (bicyclic) bond motifs is 3.